The Morgan fingerprint density at radius 3 is 2.42 bits per heavy atom. The van der Waals surface area contributed by atoms with E-state index in [9.17, 15) is 9.59 Å². The van der Waals surface area contributed by atoms with Gasteiger partial charge < -0.3 is 20.1 Å². The van der Waals surface area contributed by atoms with Crippen molar-refractivity contribution >= 4 is 24.5 Å². The van der Waals surface area contributed by atoms with Crippen LogP contribution in [0.4, 0.5) is 0 Å². The molecule has 1 rings (SSSR count). The molecule has 0 aliphatic rings. The van der Waals surface area contributed by atoms with E-state index in [2.05, 4.69) is 5.32 Å². The predicted octanol–water partition coefficient (Wildman–Crippen LogP) is -0.951. The Hall–Kier alpha value is -1.86. The minimum Gasteiger partial charge on any atom is -0.466 e. The Kier molecular flexibility index (Phi) is 6.04. The van der Waals surface area contributed by atoms with Gasteiger partial charge in [-0.25, -0.2) is 0 Å². The maximum Gasteiger partial charge on any atom is 0.488 e. The zero-order chi connectivity index (χ0) is 14.3. The molecule has 1 aromatic carbocycles. The molecule has 0 aromatic heterocycles. The van der Waals surface area contributed by atoms with Crippen molar-refractivity contribution in [1.29, 1.82) is 0 Å². The van der Waals surface area contributed by atoms with E-state index in [1.165, 1.54) is 24.3 Å². The number of ether oxygens (including phenoxy) is 1. The van der Waals surface area contributed by atoms with Crippen molar-refractivity contribution in [2.45, 2.75) is 13.3 Å². The number of benzene rings is 1. The van der Waals surface area contributed by atoms with Gasteiger partial charge in [-0.1, -0.05) is 12.1 Å². The molecule has 0 saturated carbocycles. The van der Waals surface area contributed by atoms with Gasteiger partial charge >= 0.3 is 13.1 Å². The molecule has 19 heavy (non-hydrogen) atoms. The summed E-state index contributed by atoms with van der Waals surface area (Å²) in [6.07, 6.45) is 0.118. The van der Waals surface area contributed by atoms with Gasteiger partial charge in [0.05, 0.1) is 13.0 Å². The van der Waals surface area contributed by atoms with Gasteiger partial charge in [-0.2, -0.15) is 0 Å². The van der Waals surface area contributed by atoms with Crippen LogP contribution in [0.5, 0.6) is 0 Å². The lowest BCUT2D eigenvalue weighted by atomic mass is 9.80. The van der Waals surface area contributed by atoms with Crippen molar-refractivity contribution in [2.75, 3.05) is 13.2 Å². The van der Waals surface area contributed by atoms with E-state index >= 15 is 0 Å². The van der Waals surface area contributed by atoms with Crippen LogP contribution in [0.2, 0.25) is 0 Å². The molecule has 0 unspecified atom stereocenters. The third-order valence-corrected chi connectivity index (χ3v) is 2.39. The van der Waals surface area contributed by atoms with Gasteiger partial charge in [0.15, 0.2) is 0 Å². The molecule has 3 N–H and O–H groups in total. The highest BCUT2D eigenvalue weighted by atomic mass is 16.5. The molecular weight excluding hydrogens is 249 g/mol. The fourth-order valence-corrected chi connectivity index (χ4v) is 1.42. The lowest BCUT2D eigenvalue weighted by Gasteiger charge is -2.06. The molecule has 0 spiro atoms. The molecule has 0 bridgehead atoms. The quantitative estimate of drug-likeness (QED) is 0.455. The molecular formula is C12H16BNO5. The third kappa shape index (κ3) is 5.11. The van der Waals surface area contributed by atoms with Crippen LogP contribution >= 0.6 is 0 Å². The van der Waals surface area contributed by atoms with Crippen LogP contribution < -0.4 is 10.8 Å². The highest BCUT2D eigenvalue weighted by Gasteiger charge is 2.12. The lowest BCUT2D eigenvalue weighted by molar-refractivity contribution is -0.142. The number of amides is 1. The highest BCUT2D eigenvalue weighted by Crippen LogP contribution is 1.97. The average Bonchev–Trinajstić information content (AvgIpc) is 2.39. The van der Waals surface area contributed by atoms with E-state index in [0.29, 0.717) is 17.6 Å². The summed E-state index contributed by atoms with van der Waals surface area (Å²) in [6.45, 7) is 2.23. The maximum atomic E-state index is 11.7. The summed E-state index contributed by atoms with van der Waals surface area (Å²) in [6, 6.07) is 5.86. The number of nitrogens with one attached hydrogen (secondary N) is 1. The van der Waals surface area contributed by atoms with Crippen molar-refractivity contribution in [3.8, 4) is 0 Å². The van der Waals surface area contributed by atoms with Crippen LogP contribution in [0.1, 0.15) is 23.7 Å². The molecule has 1 aromatic rings. The number of rotatable bonds is 6. The molecule has 0 aliphatic heterocycles. The van der Waals surface area contributed by atoms with Crippen LogP contribution in [0.25, 0.3) is 0 Å². The summed E-state index contributed by atoms with van der Waals surface area (Å²) in [7, 11) is -1.55. The average molecular weight is 265 g/mol. The Morgan fingerprint density at radius 1 is 1.26 bits per heavy atom. The summed E-state index contributed by atoms with van der Waals surface area (Å²) >= 11 is 0. The first-order valence-electron chi connectivity index (χ1n) is 5.94. The maximum absolute atomic E-state index is 11.7. The first-order valence-corrected chi connectivity index (χ1v) is 5.94. The largest absolute Gasteiger partial charge is 0.488 e. The Balaban J connectivity index is 2.43. The molecule has 0 atom stereocenters. The van der Waals surface area contributed by atoms with Crippen LogP contribution in [0.3, 0.4) is 0 Å². The van der Waals surface area contributed by atoms with Crippen LogP contribution in [-0.4, -0.2) is 42.2 Å². The third-order valence-electron chi connectivity index (χ3n) is 2.39. The van der Waals surface area contributed by atoms with E-state index in [1.807, 2.05) is 0 Å². The van der Waals surface area contributed by atoms with Crippen LogP contribution in [-0.2, 0) is 9.53 Å². The molecule has 0 aliphatic carbocycles. The van der Waals surface area contributed by atoms with Gasteiger partial charge in [0.2, 0.25) is 0 Å². The van der Waals surface area contributed by atoms with Crippen LogP contribution in [0.15, 0.2) is 24.3 Å². The van der Waals surface area contributed by atoms with Gasteiger partial charge in [-0.3, -0.25) is 9.59 Å². The molecule has 102 valence electrons. The smallest absolute Gasteiger partial charge is 0.466 e. The van der Waals surface area contributed by atoms with Crippen molar-refractivity contribution in [3.63, 3.8) is 0 Å². The minimum absolute atomic E-state index is 0.118. The number of carbonyl (C=O) groups excluding carboxylic acids is 2. The summed E-state index contributed by atoms with van der Waals surface area (Å²) in [5.74, 6) is -0.690. The Labute approximate surface area is 111 Å². The van der Waals surface area contributed by atoms with Crippen LogP contribution in [0, 0.1) is 0 Å². The molecule has 0 saturated heterocycles. The first-order chi connectivity index (χ1) is 9.04. The summed E-state index contributed by atoms with van der Waals surface area (Å²) in [4.78, 5) is 22.7. The van der Waals surface area contributed by atoms with Crippen molar-refractivity contribution < 1.29 is 24.4 Å². The molecule has 1 amide bonds. The Morgan fingerprint density at radius 2 is 1.89 bits per heavy atom. The Bertz CT molecular complexity index is 432. The number of hydrogen-bond donors (Lipinski definition) is 3. The number of hydrogen-bond acceptors (Lipinski definition) is 5. The zero-order valence-electron chi connectivity index (χ0n) is 10.6. The summed E-state index contributed by atoms with van der Waals surface area (Å²) < 4.78 is 4.73. The minimum atomic E-state index is -1.55. The molecule has 0 heterocycles. The van der Waals surface area contributed by atoms with Gasteiger partial charge in [0, 0.05) is 12.1 Å². The fraction of sp³-hybridized carbons (Fsp3) is 0.333. The predicted molar refractivity (Wildman–Crippen MR) is 69.9 cm³/mol. The van der Waals surface area contributed by atoms with E-state index in [1.54, 1.807) is 6.92 Å². The van der Waals surface area contributed by atoms with Gasteiger partial charge in [0.1, 0.15) is 0 Å². The van der Waals surface area contributed by atoms with Crippen molar-refractivity contribution in [3.05, 3.63) is 29.8 Å². The topological polar surface area (TPSA) is 95.9 Å². The second-order valence-corrected chi connectivity index (χ2v) is 3.81. The van der Waals surface area contributed by atoms with Gasteiger partial charge in [-0.15, -0.1) is 0 Å². The number of carbonyl (C=O) groups is 2. The number of esters is 1. The summed E-state index contributed by atoms with van der Waals surface area (Å²) in [5.41, 5.74) is 0.691. The zero-order valence-corrected chi connectivity index (χ0v) is 10.6. The standard InChI is InChI=1S/C12H16BNO5/c1-2-19-11(15)7-8-14-12(16)9-3-5-10(6-4-9)13(17)18/h3-6,17-18H,2,7-8H2,1H3,(H,14,16). The molecule has 7 heteroatoms. The lowest BCUT2D eigenvalue weighted by Crippen LogP contribution is -2.31. The SMILES string of the molecule is CCOC(=O)CCNC(=O)c1ccc(B(O)O)cc1. The second-order valence-electron chi connectivity index (χ2n) is 3.81. The van der Waals surface area contributed by atoms with Gasteiger partial charge in [0.25, 0.3) is 5.91 Å². The summed E-state index contributed by atoms with van der Waals surface area (Å²) in [5, 5.41) is 20.4. The fourth-order valence-electron chi connectivity index (χ4n) is 1.42. The molecule has 6 nitrogen and oxygen atoms in total. The first kappa shape index (κ1) is 15.2. The monoisotopic (exact) mass is 265 g/mol. The van der Waals surface area contributed by atoms with E-state index in [-0.39, 0.29) is 24.8 Å². The van der Waals surface area contributed by atoms with E-state index in [0.717, 1.165) is 0 Å². The highest BCUT2D eigenvalue weighted by molar-refractivity contribution is 6.58. The van der Waals surface area contributed by atoms with E-state index in [4.69, 9.17) is 14.8 Å². The van der Waals surface area contributed by atoms with Crippen molar-refractivity contribution in [1.82, 2.24) is 5.32 Å². The van der Waals surface area contributed by atoms with E-state index < -0.39 is 7.12 Å². The second kappa shape index (κ2) is 7.55. The van der Waals surface area contributed by atoms with Gasteiger partial charge in [-0.05, 0) is 24.5 Å². The van der Waals surface area contributed by atoms with Crippen molar-refractivity contribution in [2.24, 2.45) is 0 Å². The normalized spacial score (nSPS) is 9.84. The molecule has 0 fully saturated rings. The molecule has 0 radical (unpaired) electrons.